The van der Waals surface area contributed by atoms with Gasteiger partial charge in [0.15, 0.2) is 0 Å². The van der Waals surface area contributed by atoms with Gasteiger partial charge in [0.2, 0.25) is 0 Å². The zero-order valence-corrected chi connectivity index (χ0v) is 15.6. The van der Waals surface area contributed by atoms with Crippen LogP contribution in [0.25, 0.3) is 21.5 Å². The predicted octanol–water partition coefficient (Wildman–Crippen LogP) is 4.60. The van der Waals surface area contributed by atoms with E-state index in [1.807, 2.05) is 36.4 Å². The molecule has 0 bridgehead atoms. The number of ether oxygens (including phenoxy) is 3. The number of phenols is 1. The lowest BCUT2D eigenvalue weighted by molar-refractivity contribution is 0.0887. The molecule has 26 heavy (non-hydrogen) atoms. The predicted molar refractivity (Wildman–Crippen MR) is 106 cm³/mol. The van der Waals surface area contributed by atoms with E-state index < -0.39 is 0 Å². The molecule has 1 aliphatic heterocycles. The van der Waals surface area contributed by atoms with Crippen LogP contribution in [-0.4, -0.2) is 43.4 Å². The van der Waals surface area contributed by atoms with Gasteiger partial charge in [-0.2, -0.15) is 0 Å². The molecule has 3 aromatic carbocycles. The van der Waals surface area contributed by atoms with Crippen LogP contribution >= 0.6 is 11.8 Å². The van der Waals surface area contributed by atoms with Crippen LogP contribution in [0, 0.1) is 0 Å². The highest BCUT2D eigenvalue weighted by Gasteiger charge is 2.22. The molecule has 0 amide bonds. The van der Waals surface area contributed by atoms with E-state index >= 15 is 0 Å². The standard InChI is InChI=1S/C21H22O4S/c1-2-26-15-7-8-18-19(11-15)20(22)16-5-3-4-6-17(16)21(18)24-10-9-23-12-14-13-25-14/h3-8,11,14,22H,2,9-10,12-13H2,1H3. The van der Waals surface area contributed by atoms with Crippen molar-refractivity contribution < 1.29 is 19.3 Å². The third-order valence-corrected chi connectivity index (χ3v) is 5.28. The van der Waals surface area contributed by atoms with Crippen molar-refractivity contribution in [1.82, 2.24) is 0 Å². The summed E-state index contributed by atoms with van der Waals surface area (Å²) in [6.45, 7) is 4.52. The number of rotatable bonds is 8. The average molecular weight is 370 g/mol. The number of hydrogen-bond acceptors (Lipinski definition) is 5. The minimum absolute atomic E-state index is 0.264. The Morgan fingerprint density at radius 2 is 1.85 bits per heavy atom. The Kier molecular flexibility index (Phi) is 5.20. The van der Waals surface area contributed by atoms with Gasteiger partial charge in [-0.3, -0.25) is 0 Å². The third kappa shape index (κ3) is 3.61. The van der Waals surface area contributed by atoms with E-state index in [4.69, 9.17) is 14.2 Å². The van der Waals surface area contributed by atoms with Crippen molar-refractivity contribution in [3.05, 3.63) is 42.5 Å². The fraction of sp³-hybridized carbons (Fsp3) is 0.333. The van der Waals surface area contributed by atoms with Crippen molar-refractivity contribution in [2.75, 3.05) is 32.2 Å². The number of thioether (sulfide) groups is 1. The van der Waals surface area contributed by atoms with Gasteiger partial charge in [0.1, 0.15) is 24.2 Å². The number of phenolic OH excluding ortho intramolecular Hbond substituents is 1. The number of fused-ring (bicyclic) bond motifs is 2. The first kappa shape index (κ1) is 17.5. The first-order valence-corrected chi connectivity index (χ1v) is 9.89. The molecule has 1 N–H and O–H groups in total. The quantitative estimate of drug-likeness (QED) is 0.272. The Morgan fingerprint density at radius 3 is 2.62 bits per heavy atom. The second-order valence-corrected chi connectivity index (χ2v) is 7.58. The summed E-state index contributed by atoms with van der Waals surface area (Å²) in [5.74, 6) is 2.10. The molecule has 1 aliphatic rings. The van der Waals surface area contributed by atoms with Gasteiger partial charge in [-0.05, 0) is 24.0 Å². The van der Waals surface area contributed by atoms with E-state index in [2.05, 4.69) is 13.0 Å². The van der Waals surface area contributed by atoms with Crippen LogP contribution in [0.1, 0.15) is 6.92 Å². The van der Waals surface area contributed by atoms with E-state index in [9.17, 15) is 5.11 Å². The Morgan fingerprint density at radius 1 is 1.08 bits per heavy atom. The lowest BCUT2D eigenvalue weighted by atomic mass is 10.0. The maximum atomic E-state index is 10.8. The number of benzene rings is 3. The lowest BCUT2D eigenvalue weighted by Gasteiger charge is -2.15. The molecule has 1 heterocycles. The Balaban J connectivity index is 1.68. The van der Waals surface area contributed by atoms with Gasteiger partial charge in [-0.1, -0.05) is 31.2 Å². The fourth-order valence-corrected chi connectivity index (χ4v) is 3.79. The average Bonchev–Trinajstić information content (AvgIpc) is 3.49. The monoisotopic (exact) mass is 370 g/mol. The van der Waals surface area contributed by atoms with Crippen LogP contribution in [-0.2, 0) is 9.47 Å². The molecule has 4 nitrogen and oxygen atoms in total. The second-order valence-electron chi connectivity index (χ2n) is 6.24. The molecular weight excluding hydrogens is 348 g/mol. The first-order valence-electron chi connectivity index (χ1n) is 8.90. The summed E-state index contributed by atoms with van der Waals surface area (Å²) < 4.78 is 16.8. The van der Waals surface area contributed by atoms with Gasteiger partial charge < -0.3 is 19.3 Å². The Labute approximate surface area is 157 Å². The molecular formula is C21H22O4S. The summed E-state index contributed by atoms with van der Waals surface area (Å²) in [5, 5.41) is 14.3. The molecule has 3 aromatic rings. The summed E-state index contributed by atoms with van der Waals surface area (Å²) in [7, 11) is 0. The van der Waals surface area contributed by atoms with Crippen molar-refractivity contribution >= 4 is 33.3 Å². The normalized spacial score (nSPS) is 16.3. The van der Waals surface area contributed by atoms with E-state index in [-0.39, 0.29) is 6.10 Å². The van der Waals surface area contributed by atoms with Gasteiger partial charge >= 0.3 is 0 Å². The van der Waals surface area contributed by atoms with Crippen LogP contribution in [0.15, 0.2) is 47.4 Å². The minimum Gasteiger partial charge on any atom is -0.507 e. The van der Waals surface area contributed by atoms with Gasteiger partial charge in [-0.25, -0.2) is 0 Å². The number of epoxide rings is 1. The molecule has 1 atom stereocenters. The highest BCUT2D eigenvalue weighted by atomic mass is 32.2. The van der Waals surface area contributed by atoms with Gasteiger partial charge in [0.05, 0.1) is 19.8 Å². The maximum Gasteiger partial charge on any atom is 0.135 e. The summed E-state index contributed by atoms with van der Waals surface area (Å²) in [6.07, 6.45) is 0.264. The summed E-state index contributed by atoms with van der Waals surface area (Å²) in [4.78, 5) is 1.14. The van der Waals surface area contributed by atoms with E-state index in [1.54, 1.807) is 11.8 Å². The second kappa shape index (κ2) is 7.74. The molecule has 136 valence electrons. The van der Waals surface area contributed by atoms with Crippen LogP contribution in [0.4, 0.5) is 0 Å². The summed E-state index contributed by atoms with van der Waals surface area (Å²) in [5.41, 5.74) is 0. The summed E-state index contributed by atoms with van der Waals surface area (Å²) >= 11 is 1.76. The number of hydrogen-bond donors (Lipinski definition) is 1. The largest absolute Gasteiger partial charge is 0.507 e. The van der Waals surface area contributed by atoms with Crippen LogP contribution in [0.2, 0.25) is 0 Å². The highest BCUT2D eigenvalue weighted by molar-refractivity contribution is 7.99. The van der Waals surface area contributed by atoms with Crippen LogP contribution in [0.3, 0.4) is 0 Å². The molecule has 5 heteroatoms. The molecule has 1 unspecified atom stereocenters. The van der Waals surface area contributed by atoms with Crippen molar-refractivity contribution in [1.29, 1.82) is 0 Å². The zero-order chi connectivity index (χ0) is 17.9. The molecule has 1 fully saturated rings. The van der Waals surface area contributed by atoms with E-state index in [0.29, 0.717) is 25.6 Å². The van der Waals surface area contributed by atoms with Gasteiger partial charge in [0, 0.05) is 26.4 Å². The molecule has 0 aromatic heterocycles. The Hall–Kier alpha value is -1.95. The van der Waals surface area contributed by atoms with E-state index in [1.165, 1.54) is 0 Å². The third-order valence-electron chi connectivity index (χ3n) is 4.41. The van der Waals surface area contributed by atoms with Gasteiger partial charge in [-0.15, -0.1) is 11.8 Å². The fourth-order valence-electron chi connectivity index (χ4n) is 3.09. The molecule has 4 rings (SSSR count). The zero-order valence-electron chi connectivity index (χ0n) is 14.7. The van der Waals surface area contributed by atoms with Crippen molar-refractivity contribution in [2.45, 2.75) is 17.9 Å². The molecule has 0 aliphatic carbocycles. The van der Waals surface area contributed by atoms with Crippen LogP contribution in [0.5, 0.6) is 11.5 Å². The number of aromatic hydroxyl groups is 1. The topological polar surface area (TPSA) is 51.2 Å². The SMILES string of the molecule is CCSc1ccc2c(OCCOCC3CO3)c3ccccc3c(O)c2c1. The van der Waals surface area contributed by atoms with Crippen molar-refractivity contribution in [3.63, 3.8) is 0 Å². The maximum absolute atomic E-state index is 10.8. The van der Waals surface area contributed by atoms with Crippen molar-refractivity contribution in [3.8, 4) is 11.5 Å². The van der Waals surface area contributed by atoms with Gasteiger partial charge in [0.25, 0.3) is 0 Å². The Bertz CT molecular complexity index is 921. The lowest BCUT2D eigenvalue weighted by Crippen LogP contribution is -2.10. The van der Waals surface area contributed by atoms with Crippen LogP contribution < -0.4 is 4.74 Å². The molecule has 0 spiro atoms. The summed E-state index contributed by atoms with van der Waals surface area (Å²) in [6, 6.07) is 14.0. The first-order chi connectivity index (χ1) is 12.8. The minimum atomic E-state index is 0.264. The molecule has 0 saturated carbocycles. The smallest absolute Gasteiger partial charge is 0.135 e. The highest BCUT2D eigenvalue weighted by Crippen LogP contribution is 2.43. The van der Waals surface area contributed by atoms with E-state index in [0.717, 1.165) is 44.5 Å². The van der Waals surface area contributed by atoms with Crippen molar-refractivity contribution in [2.24, 2.45) is 0 Å². The molecule has 0 radical (unpaired) electrons. The molecule has 1 saturated heterocycles.